The maximum atomic E-state index is 16.2. The van der Waals surface area contributed by atoms with Crippen molar-refractivity contribution >= 4 is 46.0 Å². The van der Waals surface area contributed by atoms with Crippen molar-refractivity contribution in [2.75, 3.05) is 51.8 Å². The number of hydrogen-bond donors (Lipinski definition) is 2. The van der Waals surface area contributed by atoms with Crippen molar-refractivity contribution < 1.29 is 37.4 Å². The Morgan fingerprint density at radius 3 is 2.39 bits per heavy atom. The Bertz CT molecular complexity index is 2520. The number of fused-ring (bicyclic) bond motifs is 1. The van der Waals surface area contributed by atoms with Crippen LogP contribution in [0.4, 0.5) is 19.1 Å². The van der Waals surface area contributed by atoms with Crippen LogP contribution in [0.2, 0.25) is 5.02 Å². The standard InChI is InChI=1S/C46H49ClF2N8O4.CH3FO/c1-28(58)52-42-20-35-36(25-55(2)41(35)22-51-42)40-19-32(18-39(53-40)31-9-16-61-26-31)38-7-4-30(21-50-38)24-56-13-10-45(11-14-56)12-15-57(27-46(45,48)49)23-29-3-6-37(47)34(17-29)33-5-8-43(59)54-44(33)60;1-3-2/h3-4,6-7,17-22,25,31,33H,5,8-16,23-24,26-27H2,1-2H3,(H,51,52,58)(H,54,59,60);1H3. The van der Waals surface area contributed by atoms with Gasteiger partial charge in [-0.05, 0) is 103 Å². The number of benzene rings is 1. The number of anilines is 1. The minimum absolute atomic E-state index is 0.162. The van der Waals surface area contributed by atoms with Crippen LogP contribution in [0.3, 0.4) is 0 Å². The van der Waals surface area contributed by atoms with E-state index in [2.05, 4.69) is 43.7 Å². The number of aryl methyl sites for hydroxylation is 1. The van der Waals surface area contributed by atoms with E-state index < -0.39 is 17.3 Å². The number of aromatic nitrogens is 4. The summed E-state index contributed by atoms with van der Waals surface area (Å²) in [5.74, 6) is -3.62. The van der Waals surface area contributed by atoms with Gasteiger partial charge in [-0.25, -0.2) is 13.8 Å². The van der Waals surface area contributed by atoms with Crippen LogP contribution in [0.25, 0.3) is 33.4 Å². The van der Waals surface area contributed by atoms with Crippen LogP contribution < -0.4 is 10.6 Å². The van der Waals surface area contributed by atoms with Gasteiger partial charge < -0.3 is 14.6 Å². The highest BCUT2D eigenvalue weighted by Gasteiger charge is 2.57. The second-order valence-corrected chi connectivity index (χ2v) is 17.8. The maximum absolute atomic E-state index is 16.2. The summed E-state index contributed by atoms with van der Waals surface area (Å²) < 4.78 is 49.9. The molecule has 4 aromatic heterocycles. The van der Waals surface area contributed by atoms with Crippen molar-refractivity contribution in [3.63, 3.8) is 0 Å². The predicted molar refractivity (Wildman–Crippen MR) is 236 cm³/mol. The summed E-state index contributed by atoms with van der Waals surface area (Å²) in [4.78, 5) is 57.3. The normalized spacial score (nSPS) is 21.1. The van der Waals surface area contributed by atoms with Crippen LogP contribution in [-0.4, -0.2) is 99.5 Å². The van der Waals surface area contributed by atoms with Crippen molar-refractivity contribution in [3.8, 4) is 22.5 Å². The smallest absolute Gasteiger partial charge is 0.266 e. The topological polar surface area (TPSA) is 144 Å². The molecule has 2 N–H and O–H groups in total. The van der Waals surface area contributed by atoms with Gasteiger partial charge in [0.25, 0.3) is 5.92 Å². The van der Waals surface area contributed by atoms with Crippen molar-refractivity contribution in [3.05, 3.63) is 94.5 Å². The number of carbonyl (C=O) groups is 3. The number of nitrogens with zero attached hydrogens (tertiary/aromatic N) is 6. The fourth-order valence-electron chi connectivity index (χ4n) is 9.67. The summed E-state index contributed by atoms with van der Waals surface area (Å²) in [5.41, 5.74) is 6.74. The zero-order valence-corrected chi connectivity index (χ0v) is 36.9. The lowest BCUT2D eigenvalue weighted by molar-refractivity contribution is -0.189. The Morgan fingerprint density at radius 2 is 1.70 bits per heavy atom. The fourth-order valence-corrected chi connectivity index (χ4v) is 9.92. The third kappa shape index (κ3) is 9.71. The van der Waals surface area contributed by atoms with E-state index in [-0.39, 0.29) is 36.6 Å². The first-order valence-electron chi connectivity index (χ1n) is 21.6. The van der Waals surface area contributed by atoms with Crippen molar-refractivity contribution in [2.24, 2.45) is 12.5 Å². The van der Waals surface area contributed by atoms with Gasteiger partial charge in [-0.1, -0.05) is 29.8 Å². The van der Waals surface area contributed by atoms with Gasteiger partial charge in [0.2, 0.25) is 17.7 Å². The lowest BCUT2D eigenvalue weighted by atomic mass is 9.68. The number of alkyl halides is 2. The first kappa shape index (κ1) is 45.3. The van der Waals surface area contributed by atoms with Gasteiger partial charge in [-0.15, -0.1) is 0 Å². The number of imide groups is 1. The fraction of sp³-hybridized carbons (Fsp3) is 0.447. The largest absolute Gasteiger partial charge is 0.381 e. The van der Waals surface area contributed by atoms with Crippen molar-refractivity contribution in [1.82, 2.24) is 34.6 Å². The van der Waals surface area contributed by atoms with Gasteiger partial charge in [0.15, 0.2) is 0 Å². The maximum Gasteiger partial charge on any atom is 0.266 e. The van der Waals surface area contributed by atoms with Gasteiger partial charge in [-0.2, -0.15) is 4.94 Å². The third-order valence-corrected chi connectivity index (χ3v) is 13.5. The molecule has 5 aromatic rings. The Balaban J connectivity index is 0.00000182. The first-order chi connectivity index (χ1) is 30.7. The lowest BCUT2D eigenvalue weighted by Crippen LogP contribution is -2.58. The van der Waals surface area contributed by atoms with Gasteiger partial charge in [0, 0.05) is 91.0 Å². The van der Waals surface area contributed by atoms with Crippen LogP contribution in [0.1, 0.15) is 79.7 Å². The van der Waals surface area contributed by atoms with E-state index in [1.165, 1.54) is 6.92 Å². The molecule has 4 aliphatic heterocycles. The highest BCUT2D eigenvalue weighted by atomic mass is 35.5. The molecule has 64 heavy (non-hydrogen) atoms. The van der Waals surface area contributed by atoms with Crippen LogP contribution in [0.15, 0.2) is 67.1 Å². The zero-order valence-electron chi connectivity index (χ0n) is 36.1. The molecule has 13 nitrogen and oxygen atoms in total. The summed E-state index contributed by atoms with van der Waals surface area (Å²) in [6, 6.07) is 15.5. The molecular weight excluding hydrogens is 849 g/mol. The average Bonchev–Trinajstić information content (AvgIpc) is 3.92. The molecule has 0 aliphatic carbocycles. The van der Waals surface area contributed by atoms with Crippen molar-refractivity contribution in [2.45, 2.75) is 76.3 Å². The first-order valence-corrected chi connectivity index (χ1v) is 22.0. The van der Waals surface area contributed by atoms with E-state index in [0.717, 1.165) is 63.8 Å². The molecule has 17 heteroatoms. The molecule has 2 unspecified atom stereocenters. The number of rotatable bonds is 9. The number of ether oxygens (including phenoxy) is 1. The van der Waals surface area contributed by atoms with Gasteiger partial charge in [0.05, 0.1) is 49.3 Å². The Kier molecular flexibility index (Phi) is 13.5. The summed E-state index contributed by atoms with van der Waals surface area (Å²) in [6.07, 6.45) is 8.42. The molecule has 4 fully saturated rings. The van der Waals surface area contributed by atoms with E-state index in [1.54, 1.807) is 12.3 Å². The van der Waals surface area contributed by atoms with Gasteiger partial charge >= 0.3 is 0 Å². The Hall–Kier alpha value is -5.26. The van der Waals surface area contributed by atoms with E-state index in [4.69, 9.17) is 26.3 Å². The van der Waals surface area contributed by atoms with E-state index in [0.29, 0.717) is 88.0 Å². The molecule has 1 spiro atoms. The zero-order chi connectivity index (χ0) is 45.2. The van der Waals surface area contributed by atoms with Crippen LogP contribution in [0.5, 0.6) is 0 Å². The number of halogens is 4. The van der Waals surface area contributed by atoms with E-state index >= 15 is 8.78 Å². The van der Waals surface area contributed by atoms with Gasteiger partial charge in [0.1, 0.15) is 5.82 Å². The third-order valence-electron chi connectivity index (χ3n) is 13.2. The van der Waals surface area contributed by atoms with Crippen LogP contribution in [0, 0.1) is 5.41 Å². The molecule has 8 heterocycles. The van der Waals surface area contributed by atoms with E-state index in [1.807, 2.05) is 53.2 Å². The number of likely N-dealkylation sites (tertiary alicyclic amines) is 2. The second-order valence-electron chi connectivity index (χ2n) is 17.4. The highest BCUT2D eigenvalue weighted by molar-refractivity contribution is 6.31. The molecule has 0 bridgehead atoms. The average molecular weight is 901 g/mol. The van der Waals surface area contributed by atoms with Crippen LogP contribution >= 0.6 is 11.6 Å². The summed E-state index contributed by atoms with van der Waals surface area (Å²) >= 11 is 6.47. The minimum atomic E-state index is -2.86. The molecule has 2 atom stereocenters. The quantitative estimate of drug-likeness (QED) is 0.140. The number of nitrogens with one attached hydrogen (secondary N) is 2. The predicted octanol–water partition coefficient (Wildman–Crippen LogP) is 7.97. The molecule has 9 rings (SSSR count). The number of amides is 3. The highest BCUT2D eigenvalue weighted by Crippen LogP contribution is 2.51. The van der Waals surface area contributed by atoms with Crippen molar-refractivity contribution in [1.29, 1.82) is 0 Å². The molecule has 4 aliphatic rings. The molecule has 338 valence electrons. The number of hydrogen-bond acceptors (Lipinski definition) is 10. The van der Waals surface area contributed by atoms with Crippen LogP contribution in [-0.2, 0) is 44.2 Å². The number of pyridine rings is 3. The lowest BCUT2D eigenvalue weighted by Gasteiger charge is -2.51. The number of carbonyl (C=O) groups excluding carboxylic acids is 3. The SMILES string of the molecule is CC(=O)Nc1cc2c(-c3cc(-c4ccc(CN5CCC6(CC5)CCN(Cc5ccc(Cl)c(C7CCC(=O)NC7=O)c5)CC6(F)F)cn4)cc(C4CCOC4)n3)cn(C)c2cn1.COF. The Labute approximate surface area is 374 Å². The molecule has 0 saturated carbocycles. The van der Waals surface area contributed by atoms with Gasteiger partial charge in [-0.3, -0.25) is 39.5 Å². The summed E-state index contributed by atoms with van der Waals surface area (Å²) in [7, 11) is 2.92. The molecule has 4 saturated heterocycles. The second kappa shape index (κ2) is 19.1. The summed E-state index contributed by atoms with van der Waals surface area (Å²) in [6.45, 7) is 5.10. The Morgan fingerprint density at radius 1 is 0.969 bits per heavy atom. The minimum Gasteiger partial charge on any atom is -0.381 e. The molecule has 0 radical (unpaired) electrons. The molecular formula is C47H52ClF3N8O5. The summed E-state index contributed by atoms with van der Waals surface area (Å²) in [5, 5.41) is 6.53. The van der Waals surface area contributed by atoms with E-state index in [9.17, 15) is 18.9 Å². The molecule has 1 aromatic carbocycles. The number of piperidine rings is 3. The monoisotopic (exact) mass is 900 g/mol. The molecule has 3 amide bonds.